The van der Waals surface area contributed by atoms with Crippen molar-refractivity contribution >= 4 is 23.3 Å². The van der Waals surface area contributed by atoms with Crippen LogP contribution in [0, 0.1) is 13.8 Å². The molecule has 1 saturated heterocycles. The van der Waals surface area contributed by atoms with Gasteiger partial charge in [-0.3, -0.25) is 9.69 Å². The standard InChI is InChI=1S/C26H34N4O3/c1-19-12-13-21(18-20(19)2)30-25(32)28-23-11-6-5-10-22(23)26(30,33)24(31)27-14-9-17-29-15-7-3-4-8-16-29/h5-6,10-13,18,33H,3-4,7-9,14-17H2,1-2H3,(H,27,31)(H,28,32)/t26-/m1/s1. The van der Waals surface area contributed by atoms with Crippen LogP contribution in [0.25, 0.3) is 0 Å². The summed E-state index contributed by atoms with van der Waals surface area (Å²) in [6.07, 6.45) is 5.82. The first-order valence-corrected chi connectivity index (χ1v) is 11.9. The van der Waals surface area contributed by atoms with E-state index < -0.39 is 17.7 Å². The molecule has 0 bridgehead atoms. The van der Waals surface area contributed by atoms with Crippen LogP contribution in [0.15, 0.2) is 42.5 Å². The normalized spacial score (nSPS) is 21.2. The lowest BCUT2D eigenvalue weighted by Crippen LogP contribution is -2.62. The molecule has 4 rings (SSSR count). The van der Waals surface area contributed by atoms with E-state index in [1.54, 1.807) is 30.3 Å². The van der Waals surface area contributed by atoms with Crippen LogP contribution in [0.4, 0.5) is 16.2 Å². The van der Waals surface area contributed by atoms with Gasteiger partial charge in [-0.15, -0.1) is 0 Å². The minimum Gasteiger partial charge on any atom is -0.359 e. The van der Waals surface area contributed by atoms with Gasteiger partial charge in [-0.25, -0.2) is 4.79 Å². The molecule has 33 heavy (non-hydrogen) atoms. The van der Waals surface area contributed by atoms with Gasteiger partial charge in [0.05, 0.1) is 5.69 Å². The summed E-state index contributed by atoms with van der Waals surface area (Å²) >= 11 is 0. The maximum atomic E-state index is 13.5. The highest BCUT2D eigenvalue weighted by molar-refractivity contribution is 6.11. The summed E-state index contributed by atoms with van der Waals surface area (Å²) in [6, 6.07) is 11.8. The van der Waals surface area contributed by atoms with Gasteiger partial charge in [0.1, 0.15) is 0 Å². The number of carbonyl (C=O) groups excluding carboxylic acids is 2. The van der Waals surface area contributed by atoms with Crippen LogP contribution in [-0.2, 0) is 10.5 Å². The molecule has 0 unspecified atom stereocenters. The lowest BCUT2D eigenvalue weighted by Gasteiger charge is -2.42. The third-order valence-corrected chi connectivity index (χ3v) is 6.77. The van der Waals surface area contributed by atoms with E-state index in [2.05, 4.69) is 15.5 Å². The number of urea groups is 1. The molecule has 2 aliphatic heterocycles. The van der Waals surface area contributed by atoms with Crippen molar-refractivity contribution < 1.29 is 14.7 Å². The van der Waals surface area contributed by atoms with Crippen LogP contribution in [0.5, 0.6) is 0 Å². The zero-order valence-corrected chi connectivity index (χ0v) is 19.6. The highest BCUT2D eigenvalue weighted by Gasteiger charge is 2.51. The number of hydrogen-bond donors (Lipinski definition) is 3. The van der Waals surface area contributed by atoms with Gasteiger partial charge in [-0.05, 0) is 82.1 Å². The molecule has 176 valence electrons. The number of para-hydroxylation sites is 1. The van der Waals surface area contributed by atoms with Crippen LogP contribution >= 0.6 is 0 Å². The van der Waals surface area contributed by atoms with Crippen LogP contribution in [0.2, 0.25) is 0 Å². The van der Waals surface area contributed by atoms with Crippen molar-refractivity contribution in [1.82, 2.24) is 10.2 Å². The molecule has 3 N–H and O–H groups in total. The fourth-order valence-corrected chi connectivity index (χ4v) is 4.71. The second kappa shape index (κ2) is 9.93. The van der Waals surface area contributed by atoms with Crippen LogP contribution in [-0.4, -0.2) is 48.1 Å². The van der Waals surface area contributed by atoms with Gasteiger partial charge in [-0.1, -0.05) is 37.1 Å². The maximum absolute atomic E-state index is 13.5. The number of aliphatic hydroxyl groups is 1. The number of nitrogens with one attached hydrogen (secondary N) is 2. The molecule has 2 heterocycles. The zero-order chi connectivity index (χ0) is 23.4. The second-order valence-corrected chi connectivity index (χ2v) is 9.12. The Morgan fingerprint density at radius 2 is 1.79 bits per heavy atom. The summed E-state index contributed by atoms with van der Waals surface area (Å²) in [6.45, 7) is 7.47. The molecule has 3 amide bonds. The number of amides is 3. The third-order valence-electron chi connectivity index (χ3n) is 6.77. The Bertz CT molecular complexity index is 1020. The average molecular weight is 451 g/mol. The van der Waals surface area contributed by atoms with Crippen molar-refractivity contribution in [1.29, 1.82) is 0 Å². The van der Waals surface area contributed by atoms with Gasteiger partial charge in [0.2, 0.25) is 0 Å². The van der Waals surface area contributed by atoms with E-state index >= 15 is 0 Å². The molecular weight excluding hydrogens is 416 g/mol. The Kier molecular flexibility index (Phi) is 7.00. The van der Waals surface area contributed by atoms with Crippen molar-refractivity contribution in [3.63, 3.8) is 0 Å². The van der Waals surface area contributed by atoms with E-state index in [1.807, 2.05) is 26.0 Å². The number of carbonyl (C=O) groups is 2. The summed E-state index contributed by atoms with van der Waals surface area (Å²) in [5, 5.41) is 17.6. The molecule has 0 saturated carbocycles. The zero-order valence-electron chi connectivity index (χ0n) is 19.6. The molecule has 2 aromatic rings. The molecule has 2 aliphatic rings. The van der Waals surface area contributed by atoms with E-state index in [0.29, 0.717) is 23.5 Å². The van der Waals surface area contributed by atoms with Crippen molar-refractivity contribution in [2.75, 3.05) is 36.4 Å². The van der Waals surface area contributed by atoms with E-state index in [1.165, 1.54) is 25.7 Å². The predicted octanol–water partition coefficient (Wildman–Crippen LogP) is 3.88. The molecule has 7 heteroatoms. The molecule has 1 atom stereocenters. The highest BCUT2D eigenvalue weighted by Crippen LogP contribution is 2.40. The summed E-state index contributed by atoms with van der Waals surface area (Å²) < 4.78 is 0. The number of fused-ring (bicyclic) bond motifs is 1. The first-order chi connectivity index (χ1) is 15.9. The Hall–Kier alpha value is -2.90. The minimum absolute atomic E-state index is 0.354. The second-order valence-electron chi connectivity index (χ2n) is 9.12. The fourth-order valence-electron chi connectivity index (χ4n) is 4.71. The quantitative estimate of drug-likeness (QED) is 0.583. The van der Waals surface area contributed by atoms with Crippen LogP contribution < -0.4 is 15.5 Å². The van der Waals surface area contributed by atoms with E-state index in [9.17, 15) is 14.7 Å². The molecular formula is C26H34N4O3. The molecule has 0 spiro atoms. The molecule has 7 nitrogen and oxygen atoms in total. The molecule has 0 radical (unpaired) electrons. The molecule has 0 aromatic heterocycles. The lowest BCUT2D eigenvalue weighted by molar-refractivity contribution is -0.140. The lowest BCUT2D eigenvalue weighted by atomic mass is 9.94. The Morgan fingerprint density at radius 1 is 1.06 bits per heavy atom. The van der Waals surface area contributed by atoms with E-state index in [-0.39, 0.29) is 0 Å². The van der Waals surface area contributed by atoms with Crippen molar-refractivity contribution in [3.05, 3.63) is 59.2 Å². The van der Waals surface area contributed by atoms with Gasteiger partial charge in [0.25, 0.3) is 11.6 Å². The Labute approximate surface area is 195 Å². The maximum Gasteiger partial charge on any atom is 0.329 e. The number of rotatable bonds is 6. The summed E-state index contributed by atoms with van der Waals surface area (Å²) in [7, 11) is 0. The van der Waals surface area contributed by atoms with Gasteiger partial charge in [0.15, 0.2) is 0 Å². The number of aryl methyl sites for hydroxylation is 2. The number of anilines is 2. The number of nitrogens with zero attached hydrogens (tertiary/aromatic N) is 2. The summed E-state index contributed by atoms with van der Waals surface area (Å²) in [5.41, 5.74) is 1.14. The van der Waals surface area contributed by atoms with Crippen molar-refractivity contribution in [2.24, 2.45) is 0 Å². The summed E-state index contributed by atoms with van der Waals surface area (Å²) in [4.78, 5) is 30.2. The van der Waals surface area contributed by atoms with E-state index in [4.69, 9.17) is 0 Å². The predicted molar refractivity (Wildman–Crippen MR) is 130 cm³/mol. The first kappa shape index (κ1) is 23.3. The van der Waals surface area contributed by atoms with Crippen molar-refractivity contribution in [2.45, 2.75) is 51.7 Å². The average Bonchev–Trinajstić information content (AvgIpc) is 3.08. The topological polar surface area (TPSA) is 84.9 Å². The number of hydrogen-bond acceptors (Lipinski definition) is 4. The van der Waals surface area contributed by atoms with Gasteiger partial charge in [-0.2, -0.15) is 0 Å². The van der Waals surface area contributed by atoms with Crippen LogP contribution in [0.1, 0.15) is 48.8 Å². The van der Waals surface area contributed by atoms with Gasteiger partial charge >= 0.3 is 6.03 Å². The smallest absolute Gasteiger partial charge is 0.329 e. The Balaban J connectivity index is 1.56. The van der Waals surface area contributed by atoms with Crippen LogP contribution in [0.3, 0.4) is 0 Å². The van der Waals surface area contributed by atoms with E-state index in [0.717, 1.165) is 42.1 Å². The minimum atomic E-state index is -2.15. The first-order valence-electron chi connectivity index (χ1n) is 11.9. The molecule has 1 fully saturated rings. The Morgan fingerprint density at radius 3 is 2.52 bits per heavy atom. The van der Waals surface area contributed by atoms with Crippen molar-refractivity contribution in [3.8, 4) is 0 Å². The SMILES string of the molecule is Cc1ccc(N2C(=O)Nc3ccccc3[C@@]2(O)C(=O)NCCCN2CCCCCC2)cc1C. The highest BCUT2D eigenvalue weighted by atomic mass is 16.3. The fraction of sp³-hybridized carbons (Fsp3) is 0.462. The number of likely N-dealkylation sites (tertiary alicyclic amines) is 1. The van der Waals surface area contributed by atoms with Gasteiger partial charge < -0.3 is 20.6 Å². The number of benzene rings is 2. The molecule has 2 aromatic carbocycles. The monoisotopic (exact) mass is 450 g/mol. The van der Waals surface area contributed by atoms with Gasteiger partial charge in [0, 0.05) is 17.8 Å². The largest absolute Gasteiger partial charge is 0.359 e. The summed E-state index contributed by atoms with van der Waals surface area (Å²) in [5.74, 6) is -0.598. The molecule has 0 aliphatic carbocycles. The third kappa shape index (κ3) is 4.75.